The smallest absolute Gasteiger partial charge is 0.410 e. The summed E-state index contributed by atoms with van der Waals surface area (Å²) in [5, 5.41) is 10.8. The zero-order valence-electron chi connectivity index (χ0n) is 17.9. The molecule has 0 saturated carbocycles. The lowest BCUT2D eigenvalue weighted by Gasteiger charge is -2.39. The van der Waals surface area contributed by atoms with Crippen molar-refractivity contribution < 1.29 is 26.7 Å². The Bertz CT molecular complexity index is 1280. The number of piperazine rings is 1. The van der Waals surface area contributed by atoms with Gasteiger partial charge in [0.05, 0.1) is 4.90 Å². The van der Waals surface area contributed by atoms with Crippen LogP contribution in [0.25, 0.3) is 0 Å². The number of nitrogens with one attached hydrogen (secondary N) is 2. The lowest BCUT2D eigenvalue weighted by atomic mass is 10.1. The van der Waals surface area contributed by atoms with Crippen molar-refractivity contribution in [3.8, 4) is 11.8 Å². The molecule has 11 nitrogen and oxygen atoms in total. The molecule has 3 rings (SSSR count). The second-order valence-electron chi connectivity index (χ2n) is 6.98. The molecule has 176 valence electrons. The molecule has 1 aromatic heterocycles. The Morgan fingerprint density at radius 1 is 1.09 bits per heavy atom. The Kier molecular flexibility index (Phi) is 7.23. The van der Waals surface area contributed by atoms with Crippen LogP contribution in [0.5, 0.6) is 0 Å². The summed E-state index contributed by atoms with van der Waals surface area (Å²) in [6.07, 6.45) is -0.194. The van der Waals surface area contributed by atoms with Gasteiger partial charge in [-0.2, -0.15) is 4.31 Å². The maximum atomic E-state index is 13.1. The van der Waals surface area contributed by atoms with Crippen molar-refractivity contribution in [2.24, 2.45) is 0 Å². The minimum Gasteiger partial charge on any atom is -0.465 e. The molecule has 1 aliphatic heterocycles. The van der Waals surface area contributed by atoms with Crippen LogP contribution in [0.2, 0.25) is 0 Å². The van der Waals surface area contributed by atoms with E-state index in [4.69, 9.17) is 5.11 Å². The third-order valence-electron chi connectivity index (χ3n) is 5.01. The molecular formula is C20H23N5O6S2. The Balaban J connectivity index is 1.81. The topological polar surface area (TPSA) is 149 Å². The number of sulfonamides is 2. The third-order valence-corrected chi connectivity index (χ3v) is 8.29. The highest BCUT2D eigenvalue weighted by molar-refractivity contribution is 7.89. The standard InChI is InChI=1S/C20H23N5O6S2/c1-3-4-16-14-24(33(30,31)18-9-10-19(22-13-18)23-20(26)27)11-12-25(16)15-5-7-17(8-6-15)32(28,29)21-2/h5-10,13,16,21H,11-12,14H2,1-2H3,(H,22,23)(H,26,27). The lowest BCUT2D eigenvalue weighted by molar-refractivity contribution is 0.209. The molecule has 3 N–H and O–H groups in total. The van der Waals surface area contributed by atoms with Gasteiger partial charge in [0, 0.05) is 31.5 Å². The van der Waals surface area contributed by atoms with Crippen molar-refractivity contribution in [3.05, 3.63) is 42.6 Å². The fraction of sp³-hybridized carbons (Fsp3) is 0.300. The van der Waals surface area contributed by atoms with E-state index in [1.807, 2.05) is 4.90 Å². The van der Waals surface area contributed by atoms with E-state index in [9.17, 15) is 21.6 Å². The number of aromatic nitrogens is 1. The molecule has 2 aromatic rings. The Hall–Kier alpha value is -3.18. The number of rotatable bonds is 6. The van der Waals surface area contributed by atoms with Crippen molar-refractivity contribution >= 4 is 37.6 Å². The molecular weight excluding hydrogens is 470 g/mol. The second kappa shape index (κ2) is 9.75. The van der Waals surface area contributed by atoms with Gasteiger partial charge in [0.2, 0.25) is 20.0 Å². The van der Waals surface area contributed by atoms with Gasteiger partial charge < -0.3 is 10.0 Å². The normalized spacial score (nSPS) is 17.2. The average Bonchev–Trinajstić information content (AvgIpc) is 2.79. The first kappa shape index (κ1) is 24.5. The Morgan fingerprint density at radius 2 is 1.76 bits per heavy atom. The lowest BCUT2D eigenvalue weighted by Crippen LogP contribution is -2.54. The Morgan fingerprint density at radius 3 is 2.30 bits per heavy atom. The number of anilines is 2. The number of amides is 1. The van der Waals surface area contributed by atoms with Gasteiger partial charge in [0.15, 0.2) is 0 Å². The number of pyridine rings is 1. The third kappa shape index (κ3) is 5.42. The van der Waals surface area contributed by atoms with Crippen molar-refractivity contribution in [1.82, 2.24) is 14.0 Å². The zero-order valence-corrected chi connectivity index (χ0v) is 19.5. The summed E-state index contributed by atoms with van der Waals surface area (Å²) < 4.78 is 53.7. The number of nitrogens with zero attached hydrogens (tertiary/aromatic N) is 3. The zero-order chi connectivity index (χ0) is 24.2. The van der Waals surface area contributed by atoms with E-state index in [2.05, 4.69) is 26.9 Å². The van der Waals surface area contributed by atoms with E-state index in [0.29, 0.717) is 6.54 Å². The molecule has 1 fully saturated rings. The number of carboxylic acid groups (broad SMARTS) is 1. The first-order valence-corrected chi connectivity index (χ1v) is 12.7. The van der Waals surface area contributed by atoms with E-state index in [1.165, 1.54) is 35.6 Å². The van der Waals surface area contributed by atoms with Gasteiger partial charge in [-0.05, 0) is 50.4 Å². The summed E-state index contributed by atoms with van der Waals surface area (Å²) in [6.45, 7) is 2.26. The van der Waals surface area contributed by atoms with Crippen LogP contribution < -0.4 is 14.9 Å². The largest absolute Gasteiger partial charge is 0.465 e. The summed E-state index contributed by atoms with van der Waals surface area (Å²) in [6, 6.07) is 8.42. The van der Waals surface area contributed by atoms with E-state index < -0.39 is 32.2 Å². The first-order valence-electron chi connectivity index (χ1n) is 9.77. The van der Waals surface area contributed by atoms with Crippen molar-refractivity contribution in [2.75, 3.05) is 36.9 Å². The summed E-state index contributed by atoms with van der Waals surface area (Å²) >= 11 is 0. The molecule has 0 aliphatic carbocycles. The van der Waals surface area contributed by atoms with Gasteiger partial charge in [0.25, 0.3) is 0 Å². The van der Waals surface area contributed by atoms with E-state index in [-0.39, 0.29) is 28.7 Å². The summed E-state index contributed by atoms with van der Waals surface area (Å²) in [5.74, 6) is 5.86. The monoisotopic (exact) mass is 493 g/mol. The van der Waals surface area contributed by atoms with Gasteiger partial charge >= 0.3 is 6.09 Å². The number of hydrogen-bond acceptors (Lipinski definition) is 7. The van der Waals surface area contributed by atoms with E-state index in [0.717, 1.165) is 11.9 Å². The van der Waals surface area contributed by atoms with Crippen LogP contribution in [0, 0.1) is 11.8 Å². The van der Waals surface area contributed by atoms with E-state index >= 15 is 0 Å². The summed E-state index contributed by atoms with van der Waals surface area (Å²) in [5.41, 5.74) is 0.723. The average molecular weight is 494 g/mol. The molecule has 1 atom stereocenters. The minimum absolute atomic E-state index is 0.0183. The van der Waals surface area contributed by atoms with Gasteiger partial charge in [-0.3, -0.25) is 5.32 Å². The fourth-order valence-electron chi connectivity index (χ4n) is 3.38. The van der Waals surface area contributed by atoms with Gasteiger partial charge in [-0.15, -0.1) is 5.92 Å². The SMILES string of the molecule is CC#CC1CN(S(=O)(=O)c2ccc(NC(=O)O)nc2)CCN1c1ccc(S(=O)(=O)NC)cc1. The van der Waals surface area contributed by atoms with Crippen LogP contribution in [0.3, 0.4) is 0 Å². The highest BCUT2D eigenvalue weighted by Gasteiger charge is 2.34. The quantitative estimate of drug-likeness (QED) is 0.504. The molecule has 0 bridgehead atoms. The number of benzene rings is 1. The molecule has 1 aromatic carbocycles. The molecule has 0 spiro atoms. The number of hydrogen-bond donors (Lipinski definition) is 3. The van der Waals surface area contributed by atoms with Crippen LogP contribution in [0.4, 0.5) is 16.3 Å². The van der Waals surface area contributed by atoms with Crippen LogP contribution in [0.1, 0.15) is 6.92 Å². The number of carbonyl (C=O) groups is 1. The highest BCUT2D eigenvalue weighted by Crippen LogP contribution is 2.26. The van der Waals surface area contributed by atoms with Crippen molar-refractivity contribution in [3.63, 3.8) is 0 Å². The fourth-order valence-corrected chi connectivity index (χ4v) is 5.49. The predicted molar refractivity (Wildman–Crippen MR) is 122 cm³/mol. The van der Waals surface area contributed by atoms with Crippen LogP contribution in [-0.2, 0) is 20.0 Å². The highest BCUT2D eigenvalue weighted by atomic mass is 32.2. The molecule has 0 radical (unpaired) electrons. The first-order chi connectivity index (χ1) is 15.6. The molecule has 1 amide bonds. The van der Waals surface area contributed by atoms with Crippen LogP contribution in [0.15, 0.2) is 52.4 Å². The Labute approximate surface area is 192 Å². The van der Waals surface area contributed by atoms with Crippen LogP contribution >= 0.6 is 0 Å². The molecule has 13 heteroatoms. The molecule has 2 heterocycles. The van der Waals surface area contributed by atoms with Gasteiger partial charge in [0.1, 0.15) is 16.8 Å². The second-order valence-corrected chi connectivity index (χ2v) is 10.8. The molecule has 1 unspecified atom stereocenters. The predicted octanol–water partition coefficient (Wildman–Crippen LogP) is 0.982. The summed E-state index contributed by atoms with van der Waals surface area (Å²) in [7, 11) is -6.11. The van der Waals surface area contributed by atoms with Crippen molar-refractivity contribution in [2.45, 2.75) is 22.8 Å². The summed E-state index contributed by atoms with van der Waals surface area (Å²) in [4.78, 5) is 16.5. The maximum absolute atomic E-state index is 13.1. The maximum Gasteiger partial charge on any atom is 0.410 e. The van der Waals surface area contributed by atoms with Crippen LogP contribution in [-0.4, -0.2) is 70.0 Å². The molecule has 1 aliphatic rings. The molecule has 33 heavy (non-hydrogen) atoms. The minimum atomic E-state index is -3.88. The molecule has 1 saturated heterocycles. The van der Waals surface area contributed by atoms with Gasteiger partial charge in [-0.25, -0.2) is 31.3 Å². The van der Waals surface area contributed by atoms with E-state index in [1.54, 1.807) is 19.1 Å². The van der Waals surface area contributed by atoms with Crippen molar-refractivity contribution in [1.29, 1.82) is 0 Å². The van der Waals surface area contributed by atoms with Gasteiger partial charge in [-0.1, -0.05) is 5.92 Å².